The molecule has 0 fully saturated rings. The van der Waals surface area contributed by atoms with Gasteiger partial charge in [-0.15, -0.1) is 0 Å². The van der Waals surface area contributed by atoms with Crippen LogP contribution in [0.4, 0.5) is 13.2 Å². The molecule has 2 rings (SSSR count). The number of carbonyl (C=O) groups is 2. The van der Waals surface area contributed by atoms with Crippen molar-refractivity contribution in [2.24, 2.45) is 5.73 Å². The summed E-state index contributed by atoms with van der Waals surface area (Å²) in [5.41, 5.74) is 4.14. The number of hydrogen-bond donors (Lipinski definition) is 3. The molecule has 0 bridgehead atoms. The zero-order valence-corrected chi connectivity index (χ0v) is 12.1. The van der Waals surface area contributed by atoms with Crippen molar-refractivity contribution in [3.05, 3.63) is 47.7 Å². The lowest BCUT2D eigenvalue weighted by atomic mass is 10.1. The van der Waals surface area contributed by atoms with Crippen LogP contribution in [0.3, 0.4) is 0 Å². The quantitative estimate of drug-likeness (QED) is 0.772. The molecule has 2 aromatic rings. The molecule has 4 N–H and O–H groups in total. The number of rotatable bonds is 5. The summed E-state index contributed by atoms with van der Waals surface area (Å²) in [5.74, 6) is -2.45. The van der Waals surface area contributed by atoms with Crippen molar-refractivity contribution >= 4 is 11.9 Å². The van der Waals surface area contributed by atoms with E-state index in [0.717, 1.165) is 6.07 Å². The van der Waals surface area contributed by atoms with Gasteiger partial charge in [-0.05, 0) is 18.2 Å². The molecular formula is C15H13F3N2O4. The number of carbonyl (C=O) groups excluding carboxylic acids is 1. The summed E-state index contributed by atoms with van der Waals surface area (Å²) in [4.78, 5) is 22.4. The molecule has 0 aliphatic rings. The highest BCUT2D eigenvalue weighted by Gasteiger charge is 2.34. The summed E-state index contributed by atoms with van der Waals surface area (Å²) in [7, 11) is 0. The molecule has 9 heteroatoms. The zero-order valence-electron chi connectivity index (χ0n) is 12.1. The maximum atomic E-state index is 13.0. The van der Waals surface area contributed by atoms with E-state index in [1.54, 1.807) is 0 Å². The van der Waals surface area contributed by atoms with Gasteiger partial charge in [0.15, 0.2) is 5.76 Å². The Hall–Kier alpha value is -2.81. The molecule has 1 atom stereocenters. The minimum Gasteiger partial charge on any atom is -0.480 e. The zero-order chi connectivity index (χ0) is 17.9. The number of carboxylic acids is 1. The third-order valence-corrected chi connectivity index (χ3v) is 3.13. The van der Waals surface area contributed by atoms with Crippen LogP contribution in [0.1, 0.15) is 16.1 Å². The predicted molar refractivity (Wildman–Crippen MR) is 77.1 cm³/mol. The molecule has 1 heterocycles. The van der Waals surface area contributed by atoms with Gasteiger partial charge in [0.05, 0.1) is 5.56 Å². The summed E-state index contributed by atoms with van der Waals surface area (Å²) in [6, 6.07) is 5.93. The van der Waals surface area contributed by atoms with E-state index in [4.69, 9.17) is 15.3 Å². The third-order valence-electron chi connectivity index (χ3n) is 3.13. The van der Waals surface area contributed by atoms with Gasteiger partial charge in [0, 0.05) is 12.1 Å². The molecule has 1 aromatic heterocycles. The number of amides is 1. The number of alkyl halides is 3. The monoisotopic (exact) mass is 342 g/mol. The van der Waals surface area contributed by atoms with Crippen LogP contribution in [0.15, 0.2) is 40.8 Å². The number of furan rings is 1. The smallest absolute Gasteiger partial charge is 0.417 e. The summed E-state index contributed by atoms with van der Waals surface area (Å²) in [5, 5.41) is 10.8. The number of carboxylic acid groups (broad SMARTS) is 1. The van der Waals surface area contributed by atoms with Gasteiger partial charge in [-0.25, -0.2) is 0 Å². The second-order valence-corrected chi connectivity index (χ2v) is 4.86. The molecule has 0 aliphatic carbocycles. The van der Waals surface area contributed by atoms with Crippen LogP contribution in [-0.2, 0) is 11.0 Å². The van der Waals surface area contributed by atoms with E-state index in [2.05, 4.69) is 5.32 Å². The molecule has 128 valence electrons. The van der Waals surface area contributed by atoms with Gasteiger partial charge < -0.3 is 20.6 Å². The molecule has 0 radical (unpaired) electrons. The molecule has 0 saturated carbocycles. The van der Waals surface area contributed by atoms with E-state index >= 15 is 0 Å². The summed E-state index contributed by atoms with van der Waals surface area (Å²) in [6.07, 6.45) is -4.57. The molecule has 6 nitrogen and oxygen atoms in total. The first-order valence-corrected chi connectivity index (χ1v) is 6.73. The number of nitrogens with one attached hydrogen (secondary N) is 1. The largest absolute Gasteiger partial charge is 0.480 e. The highest BCUT2D eigenvalue weighted by molar-refractivity contribution is 5.92. The Morgan fingerprint density at radius 3 is 2.50 bits per heavy atom. The van der Waals surface area contributed by atoms with Gasteiger partial charge in [-0.3, -0.25) is 9.59 Å². The second-order valence-electron chi connectivity index (χ2n) is 4.86. The number of benzene rings is 1. The van der Waals surface area contributed by atoms with Crippen molar-refractivity contribution < 1.29 is 32.3 Å². The Morgan fingerprint density at radius 1 is 1.21 bits per heavy atom. The number of halogens is 3. The maximum absolute atomic E-state index is 13.0. The minimum absolute atomic E-state index is 0.129. The minimum atomic E-state index is -4.57. The standard InChI is InChI=1S/C15H13F3N2O4/c16-15(17,18)9-4-2-1-3-8(9)11-5-6-12(24-11)13(21)20-7-10(19)14(22)23/h1-6,10H,7,19H2,(H,20,21)(H,22,23)/t10-/m1/s1. The maximum Gasteiger partial charge on any atom is 0.417 e. The molecular weight excluding hydrogens is 329 g/mol. The van der Waals surface area contributed by atoms with Crippen molar-refractivity contribution in [1.82, 2.24) is 5.32 Å². The number of nitrogens with two attached hydrogens (primary N) is 1. The highest BCUT2D eigenvalue weighted by atomic mass is 19.4. The predicted octanol–water partition coefficient (Wildman–Crippen LogP) is 2.11. The van der Waals surface area contributed by atoms with Crippen LogP contribution in [0.25, 0.3) is 11.3 Å². The Balaban J connectivity index is 2.20. The Labute approximate surface area is 134 Å². The van der Waals surface area contributed by atoms with Crippen LogP contribution in [0, 0.1) is 0 Å². The third kappa shape index (κ3) is 3.93. The number of hydrogen-bond acceptors (Lipinski definition) is 4. The average Bonchev–Trinajstić information content (AvgIpc) is 3.01. The highest BCUT2D eigenvalue weighted by Crippen LogP contribution is 2.37. The summed E-state index contributed by atoms with van der Waals surface area (Å²) < 4.78 is 44.1. The van der Waals surface area contributed by atoms with Gasteiger partial charge in [-0.2, -0.15) is 13.2 Å². The van der Waals surface area contributed by atoms with Gasteiger partial charge in [0.2, 0.25) is 0 Å². The van der Waals surface area contributed by atoms with Crippen molar-refractivity contribution in [3.8, 4) is 11.3 Å². The van der Waals surface area contributed by atoms with E-state index in [0.29, 0.717) is 0 Å². The Morgan fingerprint density at radius 2 is 1.88 bits per heavy atom. The number of aliphatic carboxylic acids is 1. The topological polar surface area (TPSA) is 106 Å². The molecule has 0 unspecified atom stereocenters. The first-order valence-electron chi connectivity index (χ1n) is 6.73. The van der Waals surface area contributed by atoms with Crippen LogP contribution in [0.2, 0.25) is 0 Å². The van der Waals surface area contributed by atoms with Crippen molar-refractivity contribution in [2.45, 2.75) is 12.2 Å². The van der Waals surface area contributed by atoms with Crippen LogP contribution in [-0.4, -0.2) is 29.6 Å². The molecule has 0 spiro atoms. The molecule has 1 amide bonds. The van der Waals surface area contributed by atoms with Crippen molar-refractivity contribution in [3.63, 3.8) is 0 Å². The van der Waals surface area contributed by atoms with E-state index in [-0.39, 0.29) is 23.6 Å². The molecule has 0 aliphatic heterocycles. The molecule has 1 aromatic carbocycles. The fourth-order valence-electron chi connectivity index (χ4n) is 1.93. The van der Waals surface area contributed by atoms with Crippen molar-refractivity contribution in [1.29, 1.82) is 0 Å². The van der Waals surface area contributed by atoms with Crippen LogP contribution in [0.5, 0.6) is 0 Å². The van der Waals surface area contributed by atoms with Gasteiger partial charge in [-0.1, -0.05) is 18.2 Å². The SMILES string of the molecule is N[C@H](CNC(=O)c1ccc(-c2ccccc2C(F)(F)F)o1)C(=O)O. The lowest BCUT2D eigenvalue weighted by Crippen LogP contribution is -2.42. The fourth-order valence-corrected chi connectivity index (χ4v) is 1.93. The molecule has 0 saturated heterocycles. The van der Waals surface area contributed by atoms with Gasteiger partial charge in [0.25, 0.3) is 5.91 Å². The average molecular weight is 342 g/mol. The first kappa shape index (κ1) is 17.5. The summed E-state index contributed by atoms with van der Waals surface area (Å²) >= 11 is 0. The second kappa shape index (κ2) is 6.75. The molecule has 24 heavy (non-hydrogen) atoms. The Bertz CT molecular complexity index is 755. The van der Waals surface area contributed by atoms with E-state index < -0.39 is 29.7 Å². The first-order chi connectivity index (χ1) is 11.2. The van der Waals surface area contributed by atoms with Gasteiger partial charge >= 0.3 is 12.1 Å². The van der Waals surface area contributed by atoms with Crippen molar-refractivity contribution in [2.75, 3.05) is 6.54 Å². The van der Waals surface area contributed by atoms with Crippen LogP contribution >= 0.6 is 0 Å². The lowest BCUT2D eigenvalue weighted by Gasteiger charge is -2.10. The van der Waals surface area contributed by atoms with E-state index in [1.807, 2.05) is 0 Å². The van der Waals surface area contributed by atoms with Crippen LogP contribution < -0.4 is 11.1 Å². The van der Waals surface area contributed by atoms with E-state index in [1.165, 1.54) is 30.3 Å². The fraction of sp³-hybridized carbons (Fsp3) is 0.200. The normalized spacial score (nSPS) is 12.7. The Kier molecular flexibility index (Phi) is 4.93. The van der Waals surface area contributed by atoms with Gasteiger partial charge in [0.1, 0.15) is 11.8 Å². The van der Waals surface area contributed by atoms with E-state index in [9.17, 15) is 22.8 Å². The lowest BCUT2D eigenvalue weighted by molar-refractivity contribution is -0.138. The summed E-state index contributed by atoms with van der Waals surface area (Å²) in [6.45, 7) is -0.344.